The van der Waals surface area contributed by atoms with E-state index in [9.17, 15) is 9.59 Å². The number of unbranched alkanes of at least 4 members (excludes halogenated alkanes) is 1. The Hall–Kier alpha value is -3.84. The molecule has 2 fully saturated rings. The molecule has 0 N–H and O–H groups in total. The van der Waals surface area contributed by atoms with Gasteiger partial charge in [0.2, 0.25) is 5.91 Å². The summed E-state index contributed by atoms with van der Waals surface area (Å²) in [7, 11) is 0. The lowest BCUT2D eigenvalue weighted by molar-refractivity contribution is -0.126. The molecule has 3 atom stereocenters. The van der Waals surface area contributed by atoms with Gasteiger partial charge in [0.05, 0.1) is 30.6 Å². The summed E-state index contributed by atoms with van der Waals surface area (Å²) in [6, 6.07) is 20.5. The van der Waals surface area contributed by atoms with Crippen LogP contribution in [0.1, 0.15) is 49.4 Å². The molecule has 0 radical (unpaired) electrons. The third kappa shape index (κ3) is 4.63. The highest BCUT2D eigenvalue weighted by atomic mass is 16.7. The average molecular weight is 515 g/mol. The van der Waals surface area contributed by atoms with E-state index in [4.69, 9.17) is 14.3 Å². The number of amides is 2. The van der Waals surface area contributed by atoms with E-state index in [0.29, 0.717) is 30.4 Å². The van der Waals surface area contributed by atoms with Gasteiger partial charge in [-0.1, -0.05) is 55.3 Å². The molecule has 7 heteroatoms. The summed E-state index contributed by atoms with van der Waals surface area (Å²) in [6.07, 6.45) is 1.05. The molecule has 38 heavy (non-hydrogen) atoms. The summed E-state index contributed by atoms with van der Waals surface area (Å²) >= 11 is 0. The summed E-state index contributed by atoms with van der Waals surface area (Å²) in [5.74, 6) is -0.0571. The maximum atomic E-state index is 14.0. The minimum atomic E-state index is -0.926. The standard InChI is InChI=1S/C31H34N2O5/c1-5-7-17-37-25-16-14-22(19-26(25)36-6-2)28-27-29(38-33(28)23-11-9-8-10-12-23)31(35)32(30(27)34)24-15-13-20(3)18-21(24)4/h8-16,18-19,27-29H,5-7,17H2,1-4H3/t27-,28+,29-/m0/s1. The second-order valence-corrected chi connectivity index (χ2v) is 9.80. The molecule has 2 aliphatic heterocycles. The predicted octanol–water partition coefficient (Wildman–Crippen LogP) is 5.93. The Morgan fingerprint density at radius 2 is 1.66 bits per heavy atom. The van der Waals surface area contributed by atoms with Crippen molar-refractivity contribution in [2.45, 2.75) is 52.7 Å². The van der Waals surface area contributed by atoms with Gasteiger partial charge in [-0.2, -0.15) is 0 Å². The summed E-state index contributed by atoms with van der Waals surface area (Å²) in [5, 5.41) is 1.70. The molecule has 0 aromatic heterocycles. The highest BCUT2D eigenvalue weighted by Gasteiger charge is 2.60. The van der Waals surface area contributed by atoms with Gasteiger partial charge in [0.15, 0.2) is 17.6 Å². The monoisotopic (exact) mass is 514 g/mol. The zero-order valence-electron chi connectivity index (χ0n) is 22.3. The number of imide groups is 1. The predicted molar refractivity (Wildman–Crippen MR) is 146 cm³/mol. The maximum Gasteiger partial charge on any atom is 0.266 e. The summed E-state index contributed by atoms with van der Waals surface area (Å²) in [4.78, 5) is 35.2. The van der Waals surface area contributed by atoms with Crippen molar-refractivity contribution in [3.8, 4) is 11.5 Å². The van der Waals surface area contributed by atoms with Crippen molar-refractivity contribution in [2.24, 2.45) is 5.92 Å². The van der Waals surface area contributed by atoms with Crippen molar-refractivity contribution in [3.05, 3.63) is 83.4 Å². The number of hydrogen-bond donors (Lipinski definition) is 0. The van der Waals surface area contributed by atoms with Crippen LogP contribution in [0.5, 0.6) is 11.5 Å². The lowest BCUT2D eigenvalue weighted by atomic mass is 9.90. The number of carbonyl (C=O) groups excluding carboxylic acids is 2. The van der Waals surface area contributed by atoms with Crippen LogP contribution in [0, 0.1) is 19.8 Å². The Labute approximate surface area is 223 Å². The molecule has 0 aliphatic carbocycles. The second-order valence-electron chi connectivity index (χ2n) is 9.80. The SMILES string of the molecule is CCCCOc1ccc([C@@H]2[C@@H]3C(=O)N(c4ccc(C)cc4C)C(=O)[C@H]3ON2c2ccccc2)cc1OCC. The Morgan fingerprint density at radius 3 is 2.37 bits per heavy atom. The van der Waals surface area contributed by atoms with Crippen LogP contribution in [0.25, 0.3) is 0 Å². The third-order valence-electron chi connectivity index (χ3n) is 7.08. The molecule has 198 valence electrons. The van der Waals surface area contributed by atoms with E-state index in [1.807, 2.05) is 87.5 Å². The lowest BCUT2D eigenvalue weighted by Gasteiger charge is -2.29. The number of aryl methyl sites for hydroxylation is 2. The number of carbonyl (C=O) groups is 2. The lowest BCUT2D eigenvalue weighted by Crippen LogP contribution is -2.37. The van der Waals surface area contributed by atoms with Gasteiger partial charge in [0.1, 0.15) is 5.92 Å². The van der Waals surface area contributed by atoms with E-state index in [1.54, 1.807) is 5.06 Å². The number of para-hydroxylation sites is 1. The highest BCUT2D eigenvalue weighted by Crippen LogP contribution is 2.49. The van der Waals surface area contributed by atoms with Gasteiger partial charge in [0, 0.05) is 0 Å². The van der Waals surface area contributed by atoms with Crippen LogP contribution in [0.3, 0.4) is 0 Å². The zero-order valence-corrected chi connectivity index (χ0v) is 22.3. The molecule has 3 aromatic rings. The maximum absolute atomic E-state index is 14.0. The third-order valence-corrected chi connectivity index (χ3v) is 7.08. The summed E-state index contributed by atoms with van der Waals surface area (Å²) in [5.41, 5.74) is 4.13. The minimum Gasteiger partial charge on any atom is -0.490 e. The van der Waals surface area contributed by atoms with E-state index >= 15 is 0 Å². The van der Waals surface area contributed by atoms with E-state index in [1.165, 1.54) is 4.90 Å². The molecule has 5 rings (SSSR count). The number of hydrogen-bond acceptors (Lipinski definition) is 6. The molecule has 2 aliphatic rings. The Balaban J connectivity index is 1.56. The highest BCUT2D eigenvalue weighted by molar-refractivity contribution is 6.24. The number of fused-ring (bicyclic) bond motifs is 1. The van der Waals surface area contributed by atoms with Crippen LogP contribution in [-0.2, 0) is 14.4 Å². The fourth-order valence-electron chi connectivity index (χ4n) is 5.27. The quantitative estimate of drug-likeness (QED) is 0.260. The number of hydroxylamine groups is 1. The van der Waals surface area contributed by atoms with E-state index in [-0.39, 0.29) is 11.8 Å². The van der Waals surface area contributed by atoms with Gasteiger partial charge in [0.25, 0.3) is 5.91 Å². The first-order valence-corrected chi connectivity index (χ1v) is 13.3. The largest absolute Gasteiger partial charge is 0.490 e. The van der Waals surface area contributed by atoms with Crippen LogP contribution < -0.4 is 19.4 Å². The molecule has 2 amide bonds. The first-order valence-electron chi connectivity index (χ1n) is 13.3. The van der Waals surface area contributed by atoms with Crippen molar-refractivity contribution in [1.82, 2.24) is 0 Å². The Morgan fingerprint density at radius 1 is 0.868 bits per heavy atom. The topological polar surface area (TPSA) is 68.3 Å². The smallest absolute Gasteiger partial charge is 0.266 e. The number of benzene rings is 3. The first kappa shape index (κ1) is 25.8. The summed E-state index contributed by atoms with van der Waals surface area (Å²) in [6.45, 7) is 9.02. The number of nitrogens with zero attached hydrogens (tertiary/aromatic N) is 2. The van der Waals surface area contributed by atoms with Crippen LogP contribution in [-0.4, -0.2) is 31.1 Å². The van der Waals surface area contributed by atoms with Gasteiger partial charge in [-0.3, -0.25) is 14.4 Å². The molecule has 2 heterocycles. The number of rotatable bonds is 9. The van der Waals surface area contributed by atoms with Crippen molar-refractivity contribution in [1.29, 1.82) is 0 Å². The summed E-state index contributed by atoms with van der Waals surface area (Å²) < 4.78 is 11.9. The fraction of sp³-hybridized carbons (Fsp3) is 0.355. The van der Waals surface area contributed by atoms with Gasteiger partial charge >= 0.3 is 0 Å². The van der Waals surface area contributed by atoms with E-state index in [2.05, 4.69) is 6.92 Å². The van der Waals surface area contributed by atoms with Crippen molar-refractivity contribution in [3.63, 3.8) is 0 Å². The van der Waals surface area contributed by atoms with Crippen molar-refractivity contribution < 1.29 is 23.9 Å². The molecule has 2 saturated heterocycles. The molecule has 0 unspecified atom stereocenters. The van der Waals surface area contributed by atoms with Gasteiger partial charge in [-0.15, -0.1) is 0 Å². The molecule has 7 nitrogen and oxygen atoms in total. The zero-order chi connectivity index (χ0) is 26.8. The van der Waals surface area contributed by atoms with Gasteiger partial charge in [-0.25, -0.2) is 9.96 Å². The van der Waals surface area contributed by atoms with Gasteiger partial charge < -0.3 is 9.47 Å². The van der Waals surface area contributed by atoms with Crippen molar-refractivity contribution in [2.75, 3.05) is 23.2 Å². The van der Waals surface area contributed by atoms with E-state index < -0.39 is 18.1 Å². The minimum absolute atomic E-state index is 0.267. The Kier molecular flexibility index (Phi) is 7.38. The average Bonchev–Trinajstić information content (AvgIpc) is 3.42. The molecule has 0 saturated carbocycles. The van der Waals surface area contributed by atoms with Crippen LogP contribution in [0.15, 0.2) is 66.7 Å². The second kappa shape index (κ2) is 10.9. The van der Waals surface area contributed by atoms with Crippen LogP contribution in [0.2, 0.25) is 0 Å². The molecule has 0 bridgehead atoms. The first-order chi connectivity index (χ1) is 18.4. The Bertz CT molecular complexity index is 1330. The van der Waals surface area contributed by atoms with Crippen molar-refractivity contribution >= 4 is 23.2 Å². The van der Waals surface area contributed by atoms with Crippen LogP contribution >= 0.6 is 0 Å². The molecule has 0 spiro atoms. The molecule has 3 aromatic carbocycles. The normalized spacial score (nSPS) is 20.7. The number of ether oxygens (including phenoxy) is 2. The van der Waals surface area contributed by atoms with E-state index in [0.717, 1.165) is 35.2 Å². The molecular formula is C31H34N2O5. The van der Waals surface area contributed by atoms with Crippen LogP contribution in [0.4, 0.5) is 11.4 Å². The van der Waals surface area contributed by atoms with Gasteiger partial charge in [-0.05, 0) is 68.7 Å². The fourth-order valence-corrected chi connectivity index (χ4v) is 5.27. The number of anilines is 2. The molecular weight excluding hydrogens is 480 g/mol.